The first-order valence-electron chi connectivity index (χ1n) is 9.75. The van der Waals surface area contributed by atoms with Crippen molar-refractivity contribution in [3.05, 3.63) is 46.8 Å². The number of hydrogen-bond acceptors (Lipinski definition) is 3. The van der Waals surface area contributed by atoms with Crippen molar-refractivity contribution < 1.29 is 9.59 Å². The Labute approximate surface area is 159 Å². The van der Waals surface area contributed by atoms with E-state index < -0.39 is 0 Å². The summed E-state index contributed by atoms with van der Waals surface area (Å²) < 4.78 is 2.03. The van der Waals surface area contributed by atoms with Crippen molar-refractivity contribution in [2.24, 2.45) is 0 Å². The highest BCUT2D eigenvalue weighted by molar-refractivity contribution is 5.86. The molecule has 1 aliphatic carbocycles. The highest BCUT2D eigenvalue weighted by Crippen LogP contribution is 2.32. The number of nitrogens with zero attached hydrogens (tertiary/aromatic N) is 3. The van der Waals surface area contributed by atoms with Crippen LogP contribution in [0, 0.1) is 13.8 Å². The van der Waals surface area contributed by atoms with Crippen molar-refractivity contribution in [3.63, 3.8) is 0 Å². The molecule has 2 amide bonds. The van der Waals surface area contributed by atoms with Crippen molar-refractivity contribution in [3.8, 4) is 5.69 Å². The fraction of sp³-hybridized carbons (Fsp3) is 0.476. The zero-order valence-electron chi connectivity index (χ0n) is 16.0. The summed E-state index contributed by atoms with van der Waals surface area (Å²) in [4.78, 5) is 25.9. The smallest absolute Gasteiger partial charge is 0.240 e. The van der Waals surface area contributed by atoms with Crippen LogP contribution in [0.3, 0.4) is 0 Å². The lowest BCUT2D eigenvalue weighted by molar-refractivity contribution is -0.133. The number of carbonyl (C=O) groups is 2. The van der Waals surface area contributed by atoms with Crippen LogP contribution in [0.25, 0.3) is 5.69 Å². The first-order valence-corrected chi connectivity index (χ1v) is 9.75. The van der Waals surface area contributed by atoms with E-state index in [0.29, 0.717) is 13.0 Å². The predicted octanol–water partition coefficient (Wildman–Crippen LogP) is 2.61. The average Bonchev–Trinajstić information content (AvgIpc) is 3.25. The maximum absolute atomic E-state index is 12.5. The summed E-state index contributed by atoms with van der Waals surface area (Å²) in [6, 6.07) is 6.23. The number of nitrogens with one attached hydrogen (secondary N) is 1. The molecule has 0 unspecified atom stereocenters. The maximum Gasteiger partial charge on any atom is 0.240 e. The summed E-state index contributed by atoms with van der Waals surface area (Å²) in [6.07, 6.45) is 6.18. The van der Waals surface area contributed by atoms with Gasteiger partial charge in [0.1, 0.15) is 0 Å². The predicted molar refractivity (Wildman–Crippen MR) is 103 cm³/mol. The first-order chi connectivity index (χ1) is 13.0. The van der Waals surface area contributed by atoms with Crippen LogP contribution in [-0.2, 0) is 16.0 Å². The molecule has 0 radical (unpaired) electrons. The third-order valence-electron chi connectivity index (χ3n) is 5.83. The molecular formula is C21H26N4O2. The Kier molecular flexibility index (Phi) is 4.72. The van der Waals surface area contributed by atoms with Gasteiger partial charge in [-0.25, -0.2) is 4.68 Å². The molecule has 2 aromatic rings. The number of likely N-dealkylation sites (tertiary alicyclic amines) is 1. The Morgan fingerprint density at radius 3 is 2.89 bits per heavy atom. The van der Waals surface area contributed by atoms with Gasteiger partial charge in [-0.1, -0.05) is 12.1 Å². The SMILES string of the molecule is Cc1cccc(-n2ncc3c2CCC[C@@H]3NC(=O)CN2CCCC2=O)c1C. The topological polar surface area (TPSA) is 67.2 Å². The van der Waals surface area contributed by atoms with Gasteiger partial charge < -0.3 is 10.2 Å². The second kappa shape index (κ2) is 7.18. The fourth-order valence-corrected chi connectivity index (χ4v) is 4.16. The van der Waals surface area contributed by atoms with E-state index in [-0.39, 0.29) is 24.4 Å². The molecule has 1 saturated heterocycles. The van der Waals surface area contributed by atoms with E-state index in [2.05, 4.69) is 42.5 Å². The third kappa shape index (κ3) is 3.36. The van der Waals surface area contributed by atoms with Crippen LogP contribution < -0.4 is 5.32 Å². The van der Waals surface area contributed by atoms with Crippen molar-refractivity contribution in [1.29, 1.82) is 0 Å². The van der Waals surface area contributed by atoms with Crippen molar-refractivity contribution in [2.45, 2.75) is 52.0 Å². The number of rotatable bonds is 4. The Balaban J connectivity index is 1.54. The van der Waals surface area contributed by atoms with Gasteiger partial charge in [0.05, 0.1) is 24.5 Å². The standard InChI is InChI=1S/C21H26N4O2/c1-14-6-3-8-18(15(14)2)25-19-9-4-7-17(16(19)12-22-25)23-20(26)13-24-11-5-10-21(24)27/h3,6,8,12,17H,4-5,7,9-11,13H2,1-2H3,(H,23,26)/t17-/m0/s1. The minimum absolute atomic E-state index is 0.0298. The van der Waals surface area contributed by atoms with E-state index >= 15 is 0 Å². The quantitative estimate of drug-likeness (QED) is 0.904. The van der Waals surface area contributed by atoms with Gasteiger partial charge in [-0.3, -0.25) is 9.59 Å². The first kappa shape index (κ1) is 17.8. The van der Waals surface area contributed by atoms with Gasteiger partial charge in [0.2, 0.25) is 11.8 Å². The fourth-order valence-electron chi connectivity index (χ4n) is 4.16. The van der Waals surface area contributed by atoms with Gasteiger partial charge in [0.25, 0.3) is 0 Å². The van der Waals surface area contributed by atoms with Gasteiger partial charge in [0, 0.05) is 24.2 Å². The van der Waals surface area contributed by atoms with E-state index in [1.54, 1.807) is 4.90 Å². The number of benzene rings is 1. The molecule has 0 saturated carbocycles. The van der Waals surface area contributed by atoms with Crippen molar-refractivity contribution in [1.82, 2.24) is 20.0 Å². The number of fused-ring (bicyclic) bond motifs is 1. The molecule has 4 rings (SSSR count). The second-order valence-electron chi connectivity index (χ2n) is 7.61. The molecule has 0 spiro atoms. The van der Waals surface area contributed by atoms with Gasteiger partial charge in [-0.05, 0) is 56.7 Å². The van der Waals surface area contributed by atoms with Crippen LogP contribution >= 0.6 is 0 Å². The number of carbonyl (C=O) groups excluding carboxylic acids is 2. The van der Waals surface area contributed by atoms with E-state index in [0.717, 1.165) is 36.9 Å². The minimum atomic E-state index is -0.0809. The molecule has 1 aromatic heterocycles. The lowest BCUT2D eigenvalue weighted by Crippen LogP contribution is -2.40. The van der Waals surface area contributed by atoms with Crippen LogP contribution in [0.5, 0.6) is 0 Å². The second-order valence-corrected chi connectivity index (χ2v) is 7.61. The number of aromatic nitrogens is 2. The van der Waals surface area contributed by atoms with Gasteiger partial charge >= 0.3 is 0 Å². The van der Waals surface area contributed by atoms with Gasteiger partial charge in [-0.15, -0.1) is 0 Å². The molecule has 1 aromatic carbocycles. The molecular weight excluding hydrogens is 340 g/mol. The zero-order chi connectivity index (χ0) is 19.0. The van der Waals surface area contributed by atoms with Crippen LogP contribution in [-0.4, -0.2) is 39.6 Å². The number of aryl methyl sites for hydroxylation is 1. The van der Waals surface area contributed by atoms with Crippen LogP contribution in [0.15, 0.2) is 24.4 Å². The van der Waals surface area contributed by atoms with Crippen LogP contribution in [0.2, 0.25) is 0 Å². The zero-order valence-corrected chi connectivity index (χ0v) is 16.0. The largest absolute Gasteiger partial charge is 0.348 e. The van der Waals surface area contributed by atoms with E-state index in [4.69, 9.17) is 0 Å². The molecule has 1 fully saturated rings. The van der Waals surface area contributed by atoms with Gasteiger partial charge in [-0.2, -0.15) is 5.10 Å². The monoisotopic (exact) mass is 366 g/mol. The molecule has 2 heterocycles. The lowest BCUT2D eigenvalue weighted by atomic mass is 9.92. The Morgan fingerprint density at radius 1 is 1.26 bits per heavy atom. The lowest BCUT2D eigenvalue weighted by Gasteiger charge is -2.25. The molecule has 27 heavy (non-hydrogen) atoms. The molecule has 0 bridgehead atoms. The van der Waals surface area contributed by atoms with Crippen LogP contribution in [0.4, 0.5) is 0 Å². The van der Waals surface area contributed by atoms with Gasteiger partial charge in [0.15, 0.2) is 0 Å². The molecule has 6 nitrogen and oxygen atoms in total. The molecule has 1 atom stereocenters. The Bertz CT molecular complexity index is 886. The average molecular weight is 366 g/mol. The van der Waals surface area contributed by atoms with Crippen molar-refractivity contribution >= 4 is 11.8 Å². The minimum Gasteiger partial charge on any atom is -0.348 e. The molecule has 6 heteroatoms. The molecule has 2 aliphatic rings. The molecule has 1 N–H and O–H groups in total. The molecule has 1 aliphatic heterocycles. The normalized spacial score (nSPS) is 19.3. The summed E-state index contributed by atoms with van der Waals surface area (Å²) in [5.41, 5.74) is 5.85. The summed E-state index contributed by atoms with van der Waals surface area (Å²) in [6.45, 7) is 5.08. The van der Waals surface area contributed by atoms with Crippen molar-refractivity contribution in [2.75, 3.05) is 13.1 Å². The van der Waals surface area contributed by atoms with E-state index in [9.17, 15) is 9.59 Å². The number of hydrogen-bond donors (Lipinski definition) is 1. The maximum atomic E-state index is 12.5. The van der Waals surface area contributed by atoms with E-state index in [1.807, 2.05) is 10.9 Å². The summed E-state index contributed by atoms with van der Waals surface area (Å²) in [5, 5.41) is 7.77. The Hall–Kier alpha value is -2.63. The van der Waals surface area contributed by atoms with Crippen LogP contribution in [0.1, 0.15) is 54.1 Å². The Morgan fingerprint density at radius 2 is 2.11 bits per heavy atom. The van der Waals surface area contributed by atoms with E-state index in [1.165, 1.54) is 16.8 Å². The summed E-state index contributed by atoms with van der Waals surface area (Å²) in [5.74, 6) is -0.000175. The third-order valence-corrected chi connectivity index (χ3v) is 5.83. The highest BCUT2D eigenvalue weighted by Gasteiger charge is 2.28. The highest BCUT2D eigenvalue weighted by atomic mass is 16.2. The molecule has 142 valence electrons. The summed E-state index contributed by atoms with van der Waals surface area (Å²) >= 11 is 0. The number of amides is 2. The summed E-state index contributed by atoms with van der Waals surface area (Å²) in [7, 11) is 0.